The van der Waals surface area contributed by atoms with Crippen molar-refractivity contribution in [2.75, 3.05) is 0 Å². The number of aliphatic carboxylic acids is 1. The average Bonchev–Trinajstić information content (AvgIpc) is 3.19. The molecule has 0 fully saturated rings. The van der Waals surface area contributed by atoms with E-state index in [0.29, 0.717) is 5.56 Å². The lowest BCUT2D eigenvalue weighted by Crippen LogP contribution is -2.30. The predicted octanol–water partition coefficient (Wildman–Crippen LogP) is 3.54. The zero-order valence-corrected chi connectivity index (χ0v) is 17.9. The summed E-state index contributed by atoms with van der Waals surface area (Å²) in [7, 11) is -4.29. The molecular weight excluding hydrogens is 463 g/mol. The Hall–Kier alpha value is -3.67. The molecule has 0 unspecified atom stereocenters. The van der Waals surface area contributed by atoms with Crippen LogP contribution in [0.25, 0.3) is 16.9 Å². The Morgan fingerprint density at radius 1 is 1.03 bits per heavy atom. The Kier molecular flexibility index (Phi) is 6.58. The predicted molar refractivity (Wildman–Crippen MR) is 111 cm³/mol. The van der Waals surface area contributed by atoms with Crippen LogP contribution in [0.4, 0.5) is 13.2 Å². The van der Waals surface area contributed by atoms with E-state index in [1.807, 2.05) is 6.92 Å². The van der Waals surface area contributed by atoms with Gasteiger partial charge in [0.1, 0.15) is 0 Å². The number of carbonyl (C=O) groups excluding carboxylic acids is 1. The number of aromatic nitrogens is 2. The molecule has 174 valence electrons. The maximum absolute atomic E-state index is 13.3. The maximum Gasteiger partial charge on any atom is 0.435 e. The van der Waals surface area contributed by atoms with Crippen LogP contribution in [0.2, 0.25) is 0 Å². The third kappa shape index (κ3) is 5.77. The first-order valence-electron chi connectivity index (χ1n) is 9.49. The fraction of sp³-hybridized carbons (Fsp3) is 0.190. The molecule has 8 nitrogen and oxygen atoms in total. The number of hydrogen-bond donors (Lipinski definition) is 2. The number of halogens is 3. The summed E-state index contributed by atoms with van der Waals surface area (Å²) in [6.07, 6.45) is -5.75. The summed E-state index contributed by atoms with van der Waals surface area (Å²) in [6, 6.07) is 12.4. The van der Waals surface area contributed by atoms with Crippen molar-refractivity contribution in [1.82, 2.24) is 14.5 Å². The molecule has 0 radical (unpaired) electrons. The van der Waals surface area contributed by atoms with Crippen LogP contribution < -0.4 is 4.72 Å². The number of aryl methyl sites for hydroxylation is 1. The van der Waals surface area contributed by atoms with Gasteiger partial charge in [-0.15, -0.1) is 0 Å². The van der Waals surface area contributed by atoms with Crippen LogP contribution in [0.3, 0.4) is 0 Å². The van der Waals surface area contributed by atoms with Crippen LogP contribution in [0.15, 0.2) is 59.5 Å². The monoisotopic (exact) mass is 481 g/mol. The Labute approximate surface area is 186 Å². The number of hydrogen-bond acceptors (Lipinski definition) is 5. The summed E-state index contributed by atoms with van der Waals surface area (Å²) in [4.78, 5) is 21.9. The SMILES string of the molecule is Cc1ccc(-c2cc(C(F)(F)F)nn2-c2ccc(S(=O)(=O)NC(=O)CCC(=O)O)cc2)cc1. The fourth-order valence-corrected chi connectivity index (χ4v) is 3.91. The first-order chi connectivity index (χ1) is 15.4. The molecule has 3 rings (SSSR count). The van der Waals surface area contributed by atoms with E-state index in [2.05, 4.69) is 5.10 Å². The van der Waals surface area contributed by atoms with E-state index < -0.39 is 46.6 Å². The lowest BCUT2D eigenvalue weighted by Gasteiger charge is -2.10. The summed E-state index contributed by atoms with van der Waals surface area (Å²) in [5, 5.41) is 12.2. The third-order valence-electron chi connectivity index (χ3n) is 4.55. The van der Waals surface area contributed by atoms with E-state index in [9.17, 15) is 31.2 Å². The number of carbonyl (C=O) groups is 2. The van der Waals surface area contributed by atoms with Crippen molar-refractivity contribution in [1.29, 1.82) is 0 Å². The highest BCUT2D eigenvalue weighted by Crippen LogP contribution is 2.33. The minimum absolute atomic E-state index is 0.153. The van der Waals surface area contributed by atoms with Crippen molar-refractivity contribution >= 4 is 21.9 Å². The highest BCUT2D eigenvalue weighted by atomic mass is 32.2. The molecule has 33 heavy (non-hydrogen) atoms. The molecule has 0 saturated heterocycles. The van der Waals surface area contributed by atoms with E-state index in [4.69, 9.17) is 5.11 Å². The van der Waals surface area contributed by atoms with Gasteiger partial charge in [0.2, 0.25) is 5.91 Å². The number of nitrogens with one attached hydrogen (secondary N) is 1. The van der Waals surface area contributed by atoms with Gasteiger partial charge < -0.3 is 5.11 Å². The number of benzene rings is 2. The molecule has 3 aromatic rings. The Morgan fingerprint density at radius 2 is 1.64 bits per heavy atom. The minimum Gasteiger partial charge on any atom is -0.481 e. The first kappa shape index (κ1) is 24.0. The molecule has 1 amide bonds. The van der Waals surface area contributed by atoms with E-state index in [-0.39, 0.29) is 16.3 Å². The summed E-state index contributed by atoms with van der Waals surface area (Å²) in [5.74, 6) is -2.25. The van der Waals surface area contributed by atoms with Gasteiger partial charge in [0, 0.05) is 12.0 Å². The number of amides is 1. The third-order valence-corrected chi connectivity index (χ3v) is 5.94. The summed E-state index contributed by atoms with van der Waals surface area (Å²) < 4.78 is 67.4. The van der Waals surface area contributed by atoms with E-state index in [1.165, 1.54) is 12.1 Å². The van der Waals surface area contributed by atoms with E-state index in [0.717, 1.165) is 28.4 Å². The van der Waals surface area contributed by atoms with Crippen molar-refractivity contribution in [2.24, 2.45) is 0 Å². The fourth-order valence-electron chi connectivity index (χ4n) is 2.89. The largest absolute Gasteiger partial charge is 0.481 e. The van der Waals surface area contributed by atoms with Gasteiger partial charge in [0.15, 0.2) is 5.69 Å². The van der Waals surface area contributed by atoms with Gasteiger partial charge in [0.05, 0.1) is 22.7 Å². The van der Waals surface area contributed by atoms with E-state index in [1.54, 1.807) is 29.0 Å². The van der Waals surface area contributed by atoms with Gasteiger partial charge >= 0.3 is 12.1 Å². The van der Waals surface area contributed by atoms with Gasteiger partial charge in [-0.2, -0.15) is 18.3 Å². The number of alkyl halides is 3. The molecule has 0 aliphatic rings. The Bertz CT molecular complexity index is 1280. The number of carboxylic acid groups (broad SMARTS) is 1. The first-order valence-corrected chi connectivity index (χ1v) is 11.0. The smallest absolute Gasteiger partial charge is 0.435 e. The maximum atomic E-state index is 13.3. The van der Waals surface area contributed by atoms with E-state index >= 15 is 0 Å². The summed E-state index contributed by atoms with van der Waals surface area (Å²) in [5.41, 5.74) is 0.601. The van der Waals surface area contributed by atoms with Crippen LogP contribution in [0.1, 0.15) is 24.1 Å². The Morgan fingerprint density at radius 3 is 2.18 bits per heavy atom. The van der Waals surface area contributed by atoms with Crippen LogP contribution >= 0.6 is 0 Å². The van der Waals surface area contributed by atoms with Crippen LogP contribution in [0.5, 0.6) is 0 Å². The van der Waals surface area contributed by atoms with Gasteiger partial charge in [-0.05, 0) is 37.3 Å². The molecule has 0 saturated carbocycles. The molecule has 0 aliphatic heterocycles. The van der Waals surface area contributed by atoms with Gasteiger partial charge in [-0.25, -0.2) is 17.8 Å². The second kappa shape index (κ2) is 9.06. The van der Waals surface area contributed by atoms with Crippen LogP contribution in [-0.4, -0.2) is 35.2 Å². The van der Waals surface area contributed by atoms with Crippen molar-refractivity contribution in [2.45, 2.75) is 30.8 Å². The highest BCUT2D eigenvalue weighted by Gasteiger charge is 2.35. The van der Waals surface area contributed by atoms with Crippen molar-refractivity contribution in [3.05, 3.63) is 65.9 Å². The highest BCUT2D eigenvalue weighted by molar-refractivity contribution is 7.90. The van der Waals surface area contributed by atoms with Crippen LogP contribution in [-0.2, 0) is 25.8 Å². The quantitative estimate of drug-likeness (QED) is 0.533. The topological polar surface area (TPSA) is 118 Å². The van der Waals surface area contributed by atoms with Gasteiger partial charge in [0.25, 0.3) is 10.0 Å². The Balaban J connectivity index is 1.94. The lowest BCUT2D eigenvalue weighted by atomic mass is 10.1. The second-order valence-corrected chi connectivity index (χ2v) is 8.79. The molecule has 0 bridgehead atoms. The number of rotatable bonds is 7. The number of nitrogens with zero attached hydrogens (tertiary/aromatic N) is 2. The molecule has 12 heteroatoms. The average molecular weight is 481 g/mol. The summed E-state index contributed by atoms with van der Waals surface area (Å²) in [6.45, 7) is 1.84. The second-order valence-electron chi connectivity index (χ2n) is 7.11. The standard InChI is InChI=1S/C21H18F3N3O5S/c1-13-2-4-14(5-3-13)17-12-18(21(22,23)24)25-27(17)15-6-8-16(9-7-15)33(31,32)26-19(28)10-11-20(29)30/h2-9,12H,10-11H2,1H3,(H,26,28)(H,29,30). The van der Waals surface area contributed by atoms with Crippen molar-refractivity contribution < 1.29 is 36.3 Å². The lowest BCUT2D eigenvalue weighted by molar-refractivity contribution is -0.141. The minimum atomic E-state index is -4.69. The zero-order valence-electron chi connectivity index (χ0n) is 17.1. The summed E-state index contributed by atoms with van der Waals surface area (Å²) >= 11 is 0. The van der Waals surface area contributed by atoms with Crippen molar-refractivity contribution in [3.63, 3.8) is 0 Å². The molecular formula is C21H18F3N3O5S. The number of sulfonamides is 1. The van der Waals surface area contributed by atoms with Crippen LogP contribution in [0, 0.1) is 6.92 Å². The molecule has 0 aliphatic carbocycles. The molecule has 2 aromatic carbocycles. The molecule has 0 spiro atoms. The molecule has 1 heterocycles. The molecule has 1 aromatic heterocycles. The zero-order chi connectivity index (χ0) is 24.4. The molecule has 0 atom stereocenters. The molecule has 2 N–H and O–H groups in total. The normalized spacial score (nSPS) is 11.9. The van der Waals surface area contributed by atoms with Gasteiger partial charge in [-0.3, -0.25) is 9.59 Å². The van der Waals surface area contributed by atoms with Gasteiger partial charge in [-0.1, -0.05) is 29.8 Å². The number of carboxylic acids is 1. The van der Waals surface area contributed by atoms with Crippen molar-refractivity contribution in [3.8, 4) is 16.9 Å².